The zero-order chi connectivity index (χ0) is 26.4. The van der Waals surface area contributed by atoms with E-state index in [-0.39, 0.29) is 22.5 Å². The van der Waals surface area contributed by atoms with Crippen LogP contribution in [0.5, 0.6) is 17.2 Å². The maximum atomic E-state index is 13.9. The van der Waals surface area contributed by atoms with Crippen LogP contribution in [0, 0.1) is 34.6 Å². The number of benzene rings is 3. The van der Waals surface area contributed by atoms with Gasteiger partial charge in [-0.05, 0) is 81.1 Å². The molecule has 0 atom stereocenters. The van der Waals surface area contributed by atoms with Crippen LogP contribution in [0.1, 0.15) is 43.9 Å². The number of esters is 1. The maximum absolute atomic E-state index is 13.9. The predicted octanol–water partition coefficient (Wildman–Crippen LogP) is 7.37. The Hall–Kier alpha value is -4.07. The highest BCUT2D eigenvalue weighted by molar-refractivity contribution is 5.94. The van der Waals surface area contributed by atoms with Crippen molar-refractivity contribution >= 4 is 16.9 Å². The van der Waals surface area contributed by atoms with Crippen LogP contribution < -0.4 is 14.9 Å². The molecule has 0 N–H and O–H groups in total. The van der Waals surface area contributed by atoms with Gasteiger partial charge in [-0.3, -0.25) is 4.79 Å². The minimum atomic E-state index is -5.01. The average molecular weight is 496 g/mol. The molecule has 0 saturated heterocycles. The number of hydrogen-bond acceptors (Lipinski definition) is 5. The molecular weight excluding hydrogens is 473 g/mol. The van der Waals surface area contributed by atoms with Crippen molar-refractivity contribution in [3.8, 4) is 17.2 Å². The lowest BCUT2D eigenvalue weighted by molar-refractivity contribution is -0.154. The molecule has 0 fully saturated rings. The van der Waals surface area contributed by atoms with Gasteiger partial charge in [0.25, 0.3) is 5.76 Å². The van der Waals surface area contributed by atoms with E-state index in [1.54, 1.807) is 27.7 Å². The Bertz CT molecular complexity index is 1520. The molecule has 0 bridgehead atoms. The molecule has 0 aliphatic heterocycles. The Kier molecular flexibility index (Phi) is 6.39. The van der Waals surface area contributed by atoms with Crippen molar-refractivity contribution in [3.63, 3.8) is 0 Å². The molecule has 8 heteroatoms. The maximum Gasteiger partial charge on any atom is 0.453 e. The smallest absolute Gasteiger partial charge is 0.449 e. The van der Waals surface area contributed by atoms with E-state index >= 15 is 0 Å². The summed E-state index contributed by atoms with van der Waals surface area (Å²) in [7, 11) is 0. The summed E-state index contributed by atoms with van der Waals surface area (Å²) in [6.45, 7) is 8.95. The Morgan fingerprint density at radius 2 is 1.39 bits per heavy atom. The average Bonchev–Trinajstić information content (AvgIpc) is 2.73. The Labute approximate surface area is 205 Å². The lowest BCUT2D eigenvalue weighted by atomic mass is 10.00. The molecule has 3 aromatic carbocycles. The fourth-order valence-electron chi connectivity index (χ4n) is 4.27. The molecule has 1 heterocycles. The zero-order valence-corrected chi connectivity index (χ0v) is 20.3. The molecule has 186 valence electrons. The summed E-state index contributed by atoms with van der Waals surface area (Å²) < 4.78 is 57.6. The van der Waals surface area contributed by atoms with Gasteiger partial charge in [0.05, 0.1) is 10.9 Å². The number of ether oxygens (including phenoxy) is 2. The molecule has 0 aliphatic carbocycles. The highest BCUT2D eigenvalue weighted by Gasteiger charge is 2.40. The van der Waals surface area contributed by atoms with Crippen molar-refractivity contribution in [1.29, 1.82) is 0 Å². The third-order valence-corrected chi connectivity index (χ3v) is 5.59. The number of carbonyl (C=O) groups excluding carboxylic acids is 1. The zero-order valence-electron chi connectivity index (χ0n) is 20.3. The highest BCUT2D eigenvalue weighted by Crippen LogP contribution is 2.39. The van der Waals surface area contributed by atoms with E-state index in [9.17, 15) is 22.8 Å². The lowest BCUT2D eigenvalue weighted by Gasteiger charge is -2.14. The highest BCUT2D eigenvalue weighted by atomic mass is 19.4. The molecule has 4 rings (SSSR count). The summed E-state index contributed by atoms with van der Waals surface area (Å²) in [5, 5.41) is -0.148. The number of carbonyl (C=O) groups is 1. The number of halogens is 3. The van der Waals surface area contributed by atoms with E-state index in [0.717, 1.165) is 22.8 Å². The lowest BCUT2D eigenvalue weighted by Crippen LogP contribution is -2.16. The van der Waals surface area contributed by atoms with E-state index in [1.807, 2.05) is 25.1 Å². The predicted molar refractivity (Wildman–Crippen MR) is 129 cm³/mol. The van der Waals surface area contributed by atoms with Crippen molar-refractivity contribution in [2.45, 2.75) is 40.8 Å². The summed E-state index contributed by atoms with van der Waals surface area (Å²) in [6.07, 6.45) is -5.01. The van der Waals surface area contributed by atoms with Gasteiger partial charge >= 0.3 is 12.1 Å². The Balaban J connectivity index is 1.77. The monoisotopic (exact) mass is 496 g/mol. The first-order chi connectivity index (χ1) is 16.8. The van der Waals surface area contributed by atoms with Crippen molar-refractivity contribution in [2.24, 2.45) is 0 Å². The summed E-state index contributed by atoms with van der Waals surface area (Å²) in [5.74, 6) is -3.19. The summed E-state index contributed by atoms with van der Waals surface area (Å²) in [6, 6.07) is 12.2. The molecule has 4 aromatic rings. The van der Waals surface area contributed by atoms with Crippen LogP contribution in [0.15, 0.2) is 57.7 Å². The molecule has 0 aliphatic rings. The minimum Gasteiger partial charge on any atom is -0.449 e. The van der Waals surface area contributed by atoms with E-state index in [2.05, 4.69) is 0 Å². The second-order valence-corrected chi connectivity index (χ2v) is 8.83. The normalized spacial score (nSPS) is 11.6. The number of rotatable bonds is 4. The fraction of sp³-hybridized carbons (Fsp3) is 0.214. The first kappa shape index (κ1) is 25.0. The van der Waals surface area contributed by atoms with Crippen LogP contribution in [-0.4, -0.2) is 5.97 Å². The third kappa shape index (κ3) is 4.98. The number of fused-ring (bicyclic) bond motifs is 1. The van der Waals surface area contributed by atoms with Gasteiger partial charge in [0, 0.05) is 6.07 Å². The van der Waals surface area contributed by atoms with Gasteiger partial charge in [-0.15, -0.1) is 0 Å². The van der Waals surface area contributed by atoms with Crippen molar-refractivity contribution < 1.29 is 31.9 Å². The van der Waals surface area contributed by atoms with Gasteiger partial charge in [-0.1, -0.05) is 23.8 Å². The molecule has 5 nitrogen and oxygen atoms in total. The second kappa shape index (κ2) is 9.18. The first-order valence-corrected chi connectivity index (χ1v) is 11.1. The Morgan fingerprint density at radius 1 is 0.806 bits per heavy atom. The molecule has 36 heavy (non-hydrogen) atoms. The third-order valence-electron chi connectivity index (χ3n) is 5.59. The van der Waals surface area contributed by atoms with Gasteiger partial charge in [0.2, 0.25) is 11.2 Å². The summed E-state index contributed by atoms with van der Waals surface area (Å²) in [4.78, 5) is 25.8. The molecule has 0 unspecified atom stereocenters. The topological polar surface area (TPSA) is 65.7 Å². The van der Waals surface area contributed by atoms with Crippen molar-refractivity contribution in [1.82, 2.24) is 0 Å². The number of hydrogen-bond donors (Lipinski definition) is 0. The van der Waals surface area contributed by atoms with Crippen LogP contribution in [0.2, 0.25) is 0 Å². The van der Waals surface area contributed by atoms with E-state index in [1.165, 1.54) is 24.3 Å². The van der Waals surface area contributed by atoms with Crippen molar-refractivity contribution in [3.05, 3.63) is 97.9 Å². The van der Waals surface area contributed by atoms with Crippen LogP contribution in [0.3, 0.4) is 0 Å². The van der Waals surface area contributed by atoms with Crippen LogP contribution in [-0.2, 0) is 6.18 Å². The minimum absolute atomic E-state index is 0.0638. The molecule has 0 saturated carbocycles. The first-order valence-electron chi connectivity index (χ1n) is 11.1. The Morgan fingerprint density at radius 3 is 1.97 bits per heavy atom. The molecule has 0 spiro atoms. The quantitative estimate of drug-likeness (QED) is 0.218. The molecule has 0 radical (unpaired) electrons. The van der Waals surface area contributed by atoms with Crippen LogP contribution in [0.4, 0.5) is 13.2 Å². The van der Waals surface area contributed by atoms with Gasteiger partial charge in [0.15, 0.2) is 0 Å². The SMILES string of the molecule is Cc1cc(C)cc(Oc2c(C(F)(F)F)oc3cc(OC(=O)c4c(C)cc(C)cc4C)ccc3c2=O)c1. The molecule has 1 aromatic heterocycles. The van der Waals surface area contributed by atoms with Crippen LogP contribution in [0.25, 0.3) is 11.0 Å². The van der Waals surface area contributed by atoms with E-state index < -0.39 is 29.1 Å². The largest absolute Gasteiger partial charge is 0.453 e. The van der Waals surface area contributed by atoms with Gasteiger partial charge in [-0.25, -0.2) is 4.79 Å². The van der Waals surface area contributed by atoms with E-state index in [0.29, 0.717) is 16.7 Å². The number of alkyl halides is 3. The fourth-order valence-corrected chi connectivity index (χ4v) is 4.27. The van der Waals surface area contributed by atoms with Gasteiger partial charge in [0.1, 0.15) is 17.1 Å². The van der Waals surface area contributed by atoms with E-state index in [4.69, 9.17) is 13.9 Å². The molecule has 0 amide bonds. The van der Waals surface area contributed by atoms with Crippen molar-refractivity contribution in [2.75, 3.05) is 0 Å². The summed E-state index contributed by atoms with van der Waals surface area (Å²) in [5.41, 5.74) is 2.88. The van der Waals surface area contributed by atoms with Gasteiger partial charge < -0.3 is 13.9 Å². The van der Waals surface area contributed by atoms with Gasteiger partial charge in [-0.2, -0.15) is 13.2 Å². The second-order valence-electron chi connectivity index (χ2n) is 8.83. The molecular formula is C28H23F3O5. The number of aryl methyl sites for hydroxylation is 5. The standard InChI is InChI=1S/C28H23F3O5/c1-14-8-15(2)12-20(11-14)34-25-24(32)21-7-6-19(13-22(21)36-26(25)28(29,30)31)35-27(33)23-17(4)9-16(3)10-18(23)5/h6-13H,1-5H3. The summed E-state index contributed by atoms with van der Waals surface area (Å²) >= 11 is 0. The van der Waals surface area contributed by atoms with Crippen LogP contribution >= 0.6 is 0 Å².